The average molecular weight is 1270 g/mol. The van der Waals surface area contributed by atoms with Gasteiger partial charge >= 0.3 is 23.1 Å². The van der Waals surface area contributed by atoms with Crippen molar-refractivity contribution in [3.05, 3.63) is 121 Å². The Balaban J connectivity index is 0.000000202. The number of hydrogen-bond acceptors (Lipinski definition) is 6. The van der Waals surface area contributed by atoms with Gasteiger partial charge in [0.05, 0.1) is 18.3 Å². The van der Waals surface area contributed by atoms with Gasteiger partial charge in [-0.05, 0) is 229 Å². The van der Waals surface area contributed by atoms with E-state index in [9.17, 15) is 19.8 Å². The zero-order valence-corrected chi connectivity index (χ0v) is 57.7. The maximum atomic E-state index is 13.8. The van der Waals surface area contributed by atoms with Gasteiger partial charge < -0.3 is 31.9 Å². The first kappa shape index (κ1) is 76.8. The number of carbonyl (C=O) groups excluding carboxylic acids is 2. The second-order valence-electron chi connectivity index (χ2n) is 29.3. The van der Waals surface area contributed by atoms with E-state index in [2.05, 4.69) is 92.7 Å². The van der Waals surface area contributed by atoms with E-state index >= 15 is 0 Å². The average Bonchev–Trinajstić information content (AvgIpc) is 1.45. The molecule has 8 aliphatic carbocycles. The summed E-state index contributed by atoms with van der Waals surface area (Å²) in [5.74, 6) is 8.57. The van der Waals surface area contributed by atoms with E-state index in [1.54, 1.807) is 14.2 Å². The van der Waals surface area contributed by atoms with Crippen LogP contribution in [0.4, 0.5) is 0 Å². The standard InChI is InChI=1S/C32H40O2.C22H37NO3.C12H9.C4H8O.CH4.B10.BrH.Mg/c1-31(34)18-16-25-24(20-31)12-13-27-26(25)17-19-32(2)28(27)14-15-29(32)30(33)23-10-8-22(9-11-23)21-6-4-3-5-7-21;1-21(25)11-9-15-14(13-21)5-6-17-16(15)10-12-22(2)18(17)7-8-19(22)20(24)23(3)26-4;1-3-7-11(8-4-1)12-9-5-2-6-10-12;1-2-4-5-3-1;;1-7(2)10(8(3)4)9(5)6;;/h3-11,24-29,34H,12-20H2,1-2H3;14-19,25H,5-13H2,1-4H3;1,3-10H;1-4H2;1H4;;1H;/q;;-1;;;;;+2/p-1/t24-,25-,26+,27+,28-,29+,31+,32-;14-,15-,16+,17+,18-,19+,21+,22-;;;;;;/m00....../s1. The van der Waals surface area contributed by atoms with Gasteiger partial charge in [0, 0.05) is 110 Å². The van der Waals surface area contributed by atoms with Gasteiger partial charge in [0.1, 0.15) is 0 Å². The number of fused-ring (bicyclic) bond motifs is 10. The number of carbonyl (C=O) groups is 2. The second kappa shape index (κ2) is 34.1. The van der Waals surface area contributed by atoms with Crippen molar-refractivity contribution in [2.45, 2.75) is 175 Å². The molecule has 2 N–H and O–H groups in total. The van der Waals surface area contributed by atoms with Crippen LogP contribution in [0.25, 0.3) is 22.3 Å². The summed E-state index contributed by atoms with van der Waals surface area (Å²) in [6.07, 6.45) is 21.2. The minimum atomic E-state index is -0.667. The fourth-order valence-corrected chi connectivity index (χ4v) is 19.5. The third-order valence-corrected chi connectivity index (χ3v) is 23.9. The van der Waals surface area contributed by atoms with E-state index in [1.165, 1.54) is 117 Å². The molecule has 19 heteroatoms. The normalized spacial score (nSPS) is 33.7. The largest absolute Gasteiger partial charge is 2.00 e. The number of ether oxygens (including phenoxy) is 1. The van der Waals surface area contributed by atoms with Crippen LogP contribution < -0.4 is 17.0 Å². The molecule has 12 radical (unpaired) electrons. The first-order valence-electron chi connectivity index (χ1n) is 33.6. The van der Waals surface area contributed by atoms with Gasteiger partial charge in [-0.25, -0.2) is 5.06 Å². The summed E-state index contributed by atoms with van der Waals surface area (Å²) in [6.45, 7) is 10.9. The van der Waals surface area contributed by atoms with Crippen LogP contribution in [0.2, 0.25) is 0 Å². The van der Waals surface area contributed by atoms with Crippen LogP contribution >= 0.6 is 0 Å². The van der Waals surface area contributed by atoms with Gasteiger partial charge in [-0.1, -0.05) is 106 Å². The van der Waals surface area contributed by atoms with E-state index < -0.39 is 36.7 Å². The molecule has 1 amide bonds. The van der Waals surface area contributed by atoms with Crippen LogP contribution in [0, 0.1) is 87.9 Å². The number of ketones is 1. The number of amides is 1. The quantitative estimate of drug-likeness (QED) is 0.0753. The molecule has 1 heterocycles. The maximum Gasteiger partial charge on any atom is 2.00 e. The van der Waals surface area contributed by atoms with Gasteiger partial charge in [0.2, 0.25) is 5.91 Å². The number of aliphatic hydroxyl groups is 2. The van der Waals surface area contributed by atoms with Crippen LogP contribution in [0.3, 0.4) is 0 Å². The molecule has 0 spiro atoms. The SMILES string of the molecule is C.C1CCOC1.CON(C)C(=O)[C@H]1CC[C@H]2[C@@H]3CC[C@H]4C[C@](C)(O)CC[C@@H]4[C@H]3CC[C@]12C.C[C@@]1(O)CC[C@H]2[C@@H](CC[C@@H]3[C@@H]2CC[C@]2(C)[C@@H](C(=O)c4ccc(-c5ccccc5)cc4)CC[C@@H]32)C1.[B]B([B])B(B([B])[B])B([B])[B].[Br-].[Mg+2].[c-]1ccc(-c2ccccc2)cc1. The third kappa shape index (κ3) is 18.0. The number of rotatable bonds is 9. The summed E-state index contributed by atoms with van der Waals surface area (Å²) in [6, 6.07) is 40.1. The fourth-order valence-electron chi connectivity index (χ4n) is 19.5. The molecule has 0 bridgehead atoms. The van der Waals surface area contributed by atoms with Gasteiger partial charge in [0.25, 0.3) is 0 Å². The molecule has 7 nitrogen and oxygen atoms in total. The summed E-state index contributed by atoms with van der Waals surface area (Å²) < 4.78 is 4.94. The summed E-state index contributed by atoms with van der Waals surface area (Å²) in [5.41, 5.74) is 5.20. The minimum absolute atomic E-state index is 0. The number of benzene rings is 4. The Morgan fingerprint density at radius 2 is 0.933 bits per heavy atom. The summed E-state index contributed by atoms with van der Waals surface area (Å²) in [7, 11) is 35.1. The maximum absolute atomic E-state index is 13.8. The molecule has 4 aromatic rings. The molecule has 462 valence electrons. The fraction of sp³-hybridized carbons (Fsp3) is 0.634. The first-order chi connectivity index (χ1) is 41.6. The molecule has 4 aromatic carbocycles. The Kier molecular flexibility index (Phi) is 29.1. The van der Waals surface area contributed by atoms with Crippen molar-refractivity contribution in [1.29, 1.82) is 0 Å². The molecular formula is C71H98B10BrMgNO6. The number of hydrogen-bond donors (Lipinski definition) is 2. The monoisotopic (exact) mass is 1270 g/mol. The third-order valence-electron chi connectivity index (χ3n) is 23.9. The Hall–Kier alpha value is -2.24. The van der Waals surface area contributed by atoms with Crippen molar-refractivity contribution >= 4 is 107 Å². The van der Waals surface area contributed by atoms with Crippen molar-refractivity contribution in [3.8, 4) is 22.3 Å². The van der Waals surface area contributed by atoms with Gasteiger partial charge in [-0.15, -0.1) is 5.56 Å². The van der Waals surface area contributed by atoms with Crippen molar-refractivity contribution in [2.75, 3.05) is 27.4 Å². The van der Waals surface area contributed by atoms with Crippen LogP contribution in [-0.4, -0.2) is 161 Å². The Bertz CT molecular complexity index is 2750. The predicted molar refractivity (Wildman–Crippen MR) is 379 cm³/mol. The molecule has 8 saturated carbocycles. The molecule has 9 aliphatic rings. The molecule has 16 atom stereocenters. The number of nitrogens with zero attached hydrogens (tertiary/aromatic N) is 1. The number of hydroxylamine groups is 2. The summed E-state index contributed by atoms with van der Waals surface area (Å²) in [5, 5.41) is 22.6. The molecule has 1 saturated heterocycles. The molecule has 0 aromatic heterocycles. The van der Waals surface area contributed by atoms with Gasteiger partial charge in [-0.2, -0.15) is 30.3 Å². The van der Waals surface area contributed by atoms with E-state index in [1.807, 2.05) is 50.2 Å². The van der Waals surface area contributed by atoms with Crippen molar-refractivity contribution in [1.82, 2.24) is 5.06 Å². The molecule has 1 aliphatic heterocycles. The zero-order valence-electron chi connectivity index (χ0n) is 54.7. The Morgan fingerprint density at radius 3 is 1.33 bits per heavy atom. The van der Waals surface area contributed by atoms with Crippen molar-refractivity contribution in [3.63, 3.8) is 0 Å². The van der Waals surface area contributed by atoms with Crippen LogP contribution in [-0.2, 0) is 14.4 Å². The zero-order chi connectivity index (χ0) is 62.3. The number of halogens is 1. The van der Waals surface area contributed by atoms with Crippen molar-refractivity contribution in [2.24, 2.45) is 81.8 Å². The minimum Gasteiger partial charge on any atom is -1.00 e. The molecular weight excluding hydrogens is 1180 g/mol. The molecule has 9 fully saturated rings. The van der Waals surface area contributed by atoms with E-state index in [0.717, 1.165) is 105 Å². The van der Waals surface area contributed by atoms with Gasteiger partial charge in [-0.3, -0.25) is 14.4 Å². The van der Waals surface area contributed by atoms with Crippen LogP contribution in [0.1, 0.15) is 174 Å². The van der Waals surface area contributed by atoms with E-state index in [0.29, 0.717) is 17.6 Å². The van der Waals surface area contributed by atoms with Gasteiger partial charge in [0.15, 0.2) is 5.78 Å². The van der Waals surface area contributed by atoms with Crippen molar-refractivity contribution < 1.29 is 46.4 Å². The van der Waals surface area contributed by atoms with Crippen LogP contribution in [0.15, 0.2) is 109 Å². The topological polar surface area (TPSA) is 96.3 Å². The van der Waals surface area contributed by atoms with E-state index in [-0.39, 0.29) is 76.0 Å². The van der Waals surface area contributed by atoms with E-state index in [4.69, 9.17) is 56.0 Å². The summed E-state index contributed by atoms with van der Waals surface area (Å²) in [4.78, 5) is 31.9. The molecule has 13 rings (SSSR count). The number of Topliss-reactive ketones (excluding diaryl/α,β-unsaturated/α-hetero) is 1. The smallest absolute Gasteiger partial charge is 1.00 e. The second-order valence-corrected chi connectivity index (χ2v) is 29.3. The Morgan fingerprint density at radius 1 is 0.533 bits per heavy atom. The predicted octanol–water partition coefficient (Wildman–Crippen LogP) is 8.98. The molecule has 0 unspecified atom stereocenters. The summed E-state index contributed by atoms with van der Waals surface area (Å²) >= 11 is 0. The Labute approximate surface area is 580 Å². The molecule has 90 heavy (non-hydrogen) atoms. The first-order valence-corrected chi connectivity index (χ1v) is 33.6. The van der Waals surface area contributed by atoms with Crippen LogP contribution in [0.5, 0.6) is 0 Å².